The standard InChI is InChI=1S/C21H22FN3OS2/c1-13-7-9-25(10-8-13)21(26)14(2)28-20-18-17(11-27-19(18)23-12-24-20)15-3-5-16(22)6-4-15/h3-6,11-14H,7-10H2,1-2H3. The van der Waals surface area contributed by atoms with Crippen molar-refractivity contribution in [2.24, 2.45) is 5.92 Å². The van der Waals surface area contributed by atoms with Crippen LogP contribution in [0.15, 0.2) is 41.0 Å². The monoisotopic (exact) mass is 415 g/mol. The number of benzene rings is 1. The zero-order chi connectivity index (χ0) is 19.7. The van der Waals surface area contributed by atoms with Crippen LogP contribution >= 0.6 is 23.1 Å². The van der Waals surface area contributed by atoms with Gasteiger partial charge in [-0.05, 0) is 43.4 Å². The quantitative estimate of drug-likeness (QED) is 0.432. The van der Waals surface area contributed by atoms with Crippen molar-refractivity contribution in [1.29, 1.82) is 0 Å². The van der Waals surface area contributed by atoms with Crippen molar-refractivity contribution >= 4 is 39.2 Å². The highest BCUT2D eigenvalue weighted by Crippen LogP contribution is 2.39. The average molecular weight is 416 g/mol. The minimum absolute atomic E-state index is 0.169. The zero-order valence-corrected chi connectivity index (χ0v) is 17.5. The molecule has 0 N–H and O–H groups in total. The number of aromatic nitrogens is 2. The van der Waals surface area contributed by atoms with Gasteiger partial charge in [0.15, 0.2) is 0 Å². The Bertz CT molecular complexity index is 981. The van der Waals surface area contributed by atoms with Gasteiger partial charge in [0.2, 0.25) is 5.91 Å². The SMILES string of the molecule is CC1CCN(C(=O)C(C)Sc2ncnc3scc(-c4ccc(F)cc4)c23)CC1. The molecule has 4 nitrogen and oxygen atoms in total. The molecule has 1 fully saturated rings. The maximum Gasteiger partial charge on any atom is 0.235 e. The molecule has 0 spiro atoms. The molecule has 1 aromatic carbocycles. The fourth-order valence-corrected chi connectivity index (χ4v) is 5.48. The summed E-state index contributed by atoms with van der Waals surface area (Å²) in [7, 11) is 0. The van der Waals surface area contributed by atoms with E-state index >= 15 is 0 Å². The van der Waals surface area contributed by atoms with Crippen LogP contribution in [0.2, 0.25) is 0 Å². The Morgan fingerprint density at radius 1 is 1.25 bits per heavy atom. The minimum atomic E-state index is -0.260. The Balaban J connectivity index is 1.61. The van der Waals surface area contributed by atoms with Crippen molar-refractivity contribution in [3.63, 3.8) is 0 Å². The summed E-state index contributed by atoms with van der Waals surface area (Å²) in [5.41, 5.74) is 1.91. The van der Waals surface area contributed by atoms with Crippen molar-refractivity contribution in [2.45, 2.75) is 37.0 Å². The molecule has 0 saturated carbocycles. The predicted molar refractivity (Wildman–Crippen MR) is 113 cm³/mol. The molecule has 1 atom stereocenters. The summed E-state index contributed by atoms with van der Waals surface area (Å²) in [5, 5.41) is 3.55. The van der Waals surface area contributed by atoms with Gasteiger partial charge in [-0.3, -0.25) is 4.79 Å². The van der Waals surface area contributed by atoms with E-state index in [1.54, 1.807) is 18.5 Å². The third-order valence-electron chi connectivity index (χ3n) is 5.22. The van der Waals surface area contributed by atoms with Crippen LogP contribution in [0.4, 0.5) is 4.39 Å². The van der Waals surface area contributed by atoms with E-state index in [1.807, 2.05) is 17.2 Å². The first kappa shape index (κ1) is 19.3. The van der Waals surface area contributed by atoms with E-state index in [1.165, 1.54) is 35.2 Å². The van der Waals surface area contributed by atoms with Crippen LogP contribution in [0.5, 0.6) is 0 Å². The van der Waals surface area contributed by atoms with Crippen LogP contribution in [0.1, 0.15) is 26.7 Å². The lowest BCUT2D eigenvalue weighted by molar-refractivity contribution is -0.131. The van der Waals surface area contributed by atoms with Crippen LogP contribution in [0.25, 0.3) is 21.3 Å². The molecule has 1 aliphatic rings. The second-order valence-corrected chi connectivity index (χ2v) is 9.47. The molecule has 3 aromatic rings. The van der Waals surface area contributed by atoms with Crippen LogP contribution < -0.4 is 0 Å². The van der Waals surface area contributed by atoms with E-state index in [0.29, 0.717) is 5.92 Å². The van der Waals surface area contributed by atoms with Crippen LogP contribution in [-0.2, 0) is 4.79 Å². The molecular formula is C21H22FN3OS2. The minimum Gasteiger partial charge on any atom is -0.342 e. The van der Waals surface area contributed by atoms with Gasteiger partial charge in [0.25, 0.3) is 0 Å². The van der Waals surface area contributed by atoms with E-state index in [0.717, 1.165) is 52.3 Å². The number of halogens is 1. The average Bonchev–Trinajstić information content (AvgIpc) is 3.14. The summed E-state index contributed by atoms with van der Waals surface area (Å²) in [6.07, 6.45) is 3.69. The third kappa shape index (κ3) is 3.91. The Labute approximate surface area is 172 Å². The molecule has 0 bridgehead atoms. The van der Waals surface area contributed by atoms with Gasteiger partial charge < -0.3 is 4.90 Å². The zero-order valence-electron chi connectivity index (χ0n) is 15.9. The molecule has 3 heterocycles. The van der Waals surface area contributed by atoms with E-state index < -0.39 is 0 Å². The normalized spacial score (nSPS) is 16.5. The van der Waals surface area contributed by atoms with Crippen molar-refractivity contribution in [2.75, 3.05) is 13.1 Å². The summed E-state index contributed by atoms with van der Waals surface area (Å²) in [6.45, 7) is 5.86. The number of nitrogens with zero attached hydrogens (tertiary/aromatic N) is 3. The Hall–Kier alpha value is -1.99. The van der Waals surface area contributed by atoms with Gasteiger partial charge in [-0.1, -0.05) is 30.8 Å². The maximum absolute atomic E-state index is 13.3. The van der Waals surface area contributed by atoms with Crippen LogP contribution in [0.3, 0.4) is 0 Å². The second kappa shape index (κ2) is 8.17. The topological polar surface area (TPSA) is 46.1 Å². The first-order chi connectivity index (χ1) is 13.5. The molecule has 1 unspecified atom stereocenters. The molecule has 146 valence electrons. The van der Waals surface area contributed by atoms with Crippen molar-refractivity contribution < 1.29 is 9.18 Å². The Morgan fingerprint density at radius 2 is 1.96 bits per heavy atom. The van der Waals surface area contributed by atoms with Gasteiger partial charge in [0.05, 0.1) is 10.6 Å². The van der Waals surface area contributed by atoms with Gasteiger partial charge in [0, 0.05) is 24.0 Å². The number of fused-ring (bicyclic) bond motifs is 1. The molecule has 2 aromatic heterocycles. The maximum atomic E-state index is 13.3. The lowest BCUT2D eigenvalue weighted by Gasteiger charge is -2.32. The number of hydrogen-bond acceptors (Lipinski definition) is 5. The van der Waals surface area contributed by atoms with Crippen LogP contribution in [0, 0.1) is 11.7 Å². The van der Waals surface area contributed by atoms with E-state index in [9.17, 15) is 9.18 Å². The molecule has 4 rings (SSSR count). The lowest BCUT2D eigenvalue weighted by atomic mass is 9.99. The highest BCUT2D eigenvalue weighted by Gasteiger charge is 2.26. The van der Waals surface area contributed by atoms with Gasteiger partial charge >= 0.3 is 0 Å². The van der Waals surface area contributed by atoms with Crippen LogP contribution in [-0.4, -0.2) is 39.1 Å². The number of thioether (sulfide) groups is 1. The van der Waals surface area contributed by atoms with Crippen molar-refractivity contribution in [3.8, 4) is 11.1 Å². The molecule has 0 radical (unpaired) electrons. The summed E-state index contributed by atoms with van der Waals surface area (Å²) in [5.74, 6) is 0.601. The van der Waals surface area contributed by atoms with Gasteiger partial charge in [-0.15, -0.1) is 11.3 Å². The number of likely N-dealkylation sites (tertiary alicyclic amines) is 1. The number of amides is 1. The highest BCUT2D eigenvalue weighted by molar-refractivity contribution is 8.00. The van der Waals surface area contributed by atoms with E-state index in [2.05, 4.69) is 16.9 Å². The molecule has 1 aliphatic heterocycles. The van der Waals surface area contributed by atoms with Crippen molar-refractivity contribution in [3.05, 3.63) is 41.8 Å². The summed E-state index contributed by atoms with van der Waals surface area (Å²) in [4.78, 5) is 24.6. The fourth-order valence-electron chi connectivity index (χ4n) is 3.48. The third-order valence-corrected chi connectivity index (χ3v) is 7.20. The number of carbonyl (C=O) groups excluding carboxylic acids is 1. The molecule has 1 amide bonds. The molecule has 28 heavy (non-hydrogen) atoms. The first-order valence-corrected chi connectivity index (χ1v) is 11.2. The Morgan fingerprint density at radius 3 is 2.68 bits per heavy atom. The summed E-state index contributed by atoms with van der Waals surface area (Å²) < 4.78 is 13.3. The largest absolute Gasteiger partial charge is 0.342 e. The molecular weight excluding hydrogens is 393 g/mol. The number of hydrogen-bond donors (Lipinski definition) is 0. The highest BCUT2D eigenvalue weighted by atomic mass is 32.2. The molecule has 0 aliphatic carbocycles. The smallest absolute Gasteiger partial charge is 0.235 e. The fraction of sp³-hybridized carbons (Fsp3) is 0.381. The van der Waals surface area contributed by atoms with E-state index in [4.69, 9.17) is 0 Å². The molecule has 1 saturated heterocycles. The second-order valence-electron chi connectivity index (χ2n) is 7.28. The van der Waals surface area contributed by atoms with E-state index in [-0.39, 0.29) is 17.0 Å². The Kier molecular flexibility index (Phi) is 5.64. The van der Waals surface area contributed by atoms with Gasteiger partial charge in [-0.25, -0.2) is 14.4 Å². The summed E-state index contributed by atoms with van der Waals surface area (Å²) in [6, 6.07) is 6.45. The first-order valence-electron chi connectivity index (χ1n) is 9.46. The number of piperidine rings is 1. The number of rotatable bonds is 4. The predicted octanol–water partition coefficient (Wildman–Crippen LogP) is 5.24. The number of carbonyl (C=O) groups is 1. The van der Waals surface area contributed by atoms with Crippen molar-refractivity contribution in [1.82, 2.24) is 14.9 Å². The molecule has 7 heteroatoms. The summed E-state index contributed by atoms with van der Waals surface area (Å²) >= 11 is 3.02. The number of thiophene rings is 1. The van der Waals surface area contributed by atoms with Gasteiger partial charge in [0.1, 0.15) is 22.0 Å². The lowest BCUT2D eigenvalue weighted by Crippen LogP contribution is -2.41. The van der Waals surface area contributed by atoms with Gasteiger partial charge in [-0.2, -0.15) is 0 Å².